The second-order valence-electron chi connectivity index (χ2n) is 7.54. The summed E-state index contributed by atoms with van der Waals surface area (Å²) in [7, 11) is 0. The van der Waals surface area contributed by atoms with E-state index >= 15 is 0 Å². The van der Waals surface area contributed by atoms with Gasteiger partial charge in [-0.2, -0.15) is 4.99 Å². The van der Waals surface area contributed by atoms with Gasteiger partial charge in [-0.1, -0.05) is 31.2 Å². The van der Waals surface area contributed by atoms with E-state index in [1.54, 1.807) is 0 Å². The molecular weight excluding hydrogens is 394 g/mol. The fourth-order valence-electron chi connectivity index (χ4n) is 3.55. The molecule has 0 radical (unpaired) electrons. The molecule has 2 aliphatic heterocycles. The zero-order chi connectivity index (χ0) is 20.9. The molecule has 0 bridgehead atoms. The minimum atomic E-state index is -0.151. The maximum atomic E-state index is 12.4. The number of hydrogen-bond donors (Lipinski definition) is 0. The van der Waals surface area contributed by atoms with Crippen molar-refractivity contribution in [2.75, 3.05) is 37.7 Å². The smallest absolute Gasteiger partial charge is 0.286 e. The minimum Gasteiger partial charge on any atom is -0.494 e. The van der Waals surface area contributed by atoms with Crippen LogP contribution < -0.4 is 9.64 Å². The van der Waals surface area contributed by atoms with Crippen LogP contribution in [0.25, 0.3) is 6.08 Å². The van der Waals surface area contributed by atoms with Crippen molar-refractivity contribution in [3.8, 4) is 5.75 Å². The summed E-state index contributed by atoms with van der Waals surface area (Å²) in [6.07, 6.45) is 2.90. The summed E-state index contributed by atoms with van der Waals surface area (Å²) in [5.41, 5.74) is 3.52. The summed E-state index contributed by atoms with van der Waals surface area (Å²) >= 11 is 1.48. The zero-order valence-electron chi connectivity index (χ0n) is 17.5. The van der Waals surface area contributed by atoms with Crippen molar-refractivity contribution in [1.82, 2.24) is 4.90 Å². The van der Waals surface area contributed by atoms with Crippen LogP contribution in [-0.4, -0.2) is 48.8 Å². The van der Waals surface area contributed by atoms with Gasteiger partial charge in [-0.25, -0.2) is 0 Å². The Bertz CT molecular complexity index is 961. The van der Waals surface area contributed by atoms with E-state index in [0.29, 0.717) is 11.5 Å². The number of benzene rings is 2. The average Bonchev–Trinajstić information content (AvgIpc) is 3.13. The second kappa shape index (κ2) is 9.39. The lowest BCUT2D eigenvalue weighted by Gasteiger charge is -2.36. The largest absolute Gasteiger partial charge is 0.494 e. The van der Waals surface area contributed by atoms with Gasteiger partial charge in [-0.15, -0.1) is 0 Å². The van der Waals surface area contributed by atoms with E-state index in [1.807, 2.05) is 30.3 Å². The molecule has 1 amide bonds. The molecule has 4 rings (SSSR count). The predicted molar refractivity (Wildman–Crippen MR) is 125 cm³/mol. The number of aliphatic imine (C=N–C) groups is 1. The van der Waals surface area contributed by atoms with Gasteiger partial charge in [0.25, 0.3) is 5.91 Å². The SMILES string of the molecule is CCCOc1ccc(/C=C2/SC(N3CCN(c4cccc(C)c4)CC3)=NC2=O)cc1. The quantitative estimate of drug-likeness (QED) is 0.662. The molecule has 156 valence electrons. The number of ether oxygens (including phenoxy) is 1. The van der Waals surface area contributed by atoms with Gasteiger partial charge in [-0.3, -0.25) is 4.79 Å². The Morgan fingerprint density at radius 2 is 1.80 bits per heavy atom. The monoisotopic (exact) mass is 421 g/mol. The van der Waals surface area contributed by atoms with Crippen molar-refractivity contribution in [1.29, 1.82) is 0 Å². The van der Waals surface area contributed by atoms with Gasteiger partial charge in [0, 0.05) is 31.9 Å². The molecule has 2 aliphatic rings. The third-order valence-electron chi connectivity index (χ3n) is 5.18. The molecule has 0 N–H and O–H groups in total. The van der Waals surface area contributed by atoms with Crippen molar-refractivity contribution >= 4 is 34.6 Å². The topological polar surface area (TPSA) is 45.1 Å². The fraction of sp³-hybridized carbons (Fsp3) is 0.333. The Kier molecular flexibility index (Phi) is 6.43. The van der Waals surface area contributed by atoms with Gasteiger partial charge in [-0.05, 0) is 66.6 Å². The Balaban J connectivity index is 1.35. The molecule has 0 unspecified atom stereocenters. The highest BCUT2D eigenvalue weighted by Gasteiger charge is 2.28. The van der Waals surface area contributed by atoms with Gasteiger partial charge < -0.3 is 14.5 Å². The van der Waals surface area contributed by atoms with Gasteiger partial charge in [0.1, 0.15) is 5.75 Å². The number of thioether (sulfide) groups is 1. The first-order valence-corrected chi connectivity index (χ1v) is 11.3. The molecule has 0 aliphatic carbocycles. The van der Waals surface area contributed by atoms with E-state index in [9.17, 15) is 4.79 Å². The highest BCUT2D eigenvalue weighted by atomic mass is 32.2. The van der Waals surface area contributed by atoms with E-state index in [-0.39, 0.29) is 5.91 Å². The number of anilines is 1. The normalized spacial score (nSPS) is 18.1. The van der Waals surface area contributed by atoms with Crippen molar-refractivity contribution in [2.24, 2.45) is 4.99 Å². The molecular formula is C24H27N3O2S. The molecule has 1 saturated heterocycles. The van der Waals surface area contributed by atoms with E-state index in [4.69, 9.17) is 4.74 Å². The average molecular weight is 422 g/mol. The summed E-state index contributed by atoms with van der Waals surface area (Å²) in [6, 6.07) is 16.4. The number of nitrogens with zero attached hydrogens (tertiary/aromatic N) is 3. The van der Waals surface area contributed by atoms with Gasteiger partial charge in [0.15, 0.2) is 5.17 Å². The van der Waals surface area contributed by atoms with Gasteiger partial charge in [0.05, 0.1) is 11.5 Å². The molecule has 1 fully saturated rings. The van der Waals surface area contributed by atoms with Crippen LogP contribution in [0.4, 0.5) is 5.69 Å². The molecule has 2 aromatic rings. The molecule has 5 nitrogen and oxygen atoms in total. The van der Waals surface area contributed by atoms with E-state index in [0.717, 1.165) is 49.1 Å². The highest BCUT2D eigenvalue weighted by molar-refractivity contribution is 8.18. The van der Waals surface area contributed by atoms with Crippen molar-refractivity contribution in [2.45, 2.75) is 20.3 Å². The molecule has 30 heavy (non-hydrogen) atoms. The molecule has 6 heteroatoms. The lowest BCUT2D eigenvalue weighted by atomic mass is 10.2. The maximum Gasteiger partial charge on any atom is 0.286 e. The second-order valence-corrected chi connectivity index (χ2v) is 8.55. The Morgan fingerprint density at radius 1 is 1.07 bits per heavy atom. The van der Waals surface area contributed by atoms with E-state index in [1.165, 1.54) is 23.0 Å². The van der Waals surface area contributed by atoms with E-state index < -0.39 is 0 Å². The fourth-order valence-corrected chi connectivity index (χ4v) is 4.51. The van der Waals surface area contributed by atoms with Crippen LogP contribution in [0.3, 0.4) is 0 Å². The number of piperazine rings is 1. The summed E-state index contributed by atoms with van der Waals surface area (Å²) in [5, 5.41) is 0.818. The third-order valence-corrected chi connectivity index (χ3v) is 6.22. The van der Waals surface area contributed by atoms with Gasteiger partial charge in [0.2, 0.25) is 0 Å². The lowest BCUT2D eigenvalue weighted by Crippen LogP contribution is -2.47. The third kappa shape index (κ3) is 4.87. The molecule has 0 saturated carbocycles. The summed E-state index contributed by atoms with van der Waals surface area (Å²) in [6.45, 7) is 8.50. The number of amides is 1. The predicted octanol–water partition coefficient (Wildman–Crippen LogP) is 4.58. The van der Waals surface area contributed by atoms with Crippen LogP contribution in [-0.2, 0) is 4.79 Å². The van der Waals surface area contributed by atoms with Crippen molar-refractivity contribution in [3.63, 3.8) is 0 Å². The number of hydrogen-bond acceptors (Lipinski definition) is 5. The van der Waals surface area contributed by atoms with E-state index in [2.05, 4.69) is 52.9 Å². The van der Waals surface area contributed by atoms with Crippen LogP contribution in [0.5, 0.6) is 5.75 Å². The van der Waals surface area contributed by atoms with Crippen LogP contribution in [0.1, 0.15) is 24.5 Å². The van der Waals surface area contributed by atoms with Gasteiger partial charge >= 0.3 is 0 Å². The maximum absolute atomic E-state index is 12.4. The van der Waals surface area contributed by atoms with Crippen molar-refractivity contribution in [3.05, 3.63) is 64.6 Å². The summed E-state index contributed by atoms with van der Waals surface area (Å²) in [5.74, 6) is 0.704. The number of amidine groups is 1. The highest BCUT2D eigenvalue weighted by Crippen LogP contribution is 2.31. The number of aryl methyl sites for hydroxylation is 1. The molecule has 0 atom stereocenters. The number of rotatable bonds is 5. The van der Waals surface area contributed by atoms with Crippen molar-refractivity contribution < 1.29 is 9.53 Å². The standard InChI is InChI=1S/C24H27N3O2S/c1-3-15-29-21-9-7-19(8-10-21)17-22-23(28)25-24(30-22)27-13-11-26(12-14-27)20-6-4-5-18(2)16-20/h4-10,16-17H,3,11-15H2,1-2H3/b22-17+. The molecule has 0 spiro atoms. The van der Waals surface area contributed by atoms with Crippen LogP contribution >= 0.6 is 11.8 Å². The lowest BCUT2D eigenvalue weighted by molar-refractivity contribution is -0.113. The molecule has 0 aromatic heterocycles. The number of carbonyl (C=O) groups is 1. The summed E-state index contributed by atoms with van der Waals surface area (Å²) < 4.78 is 5.62. The Labute approximate surface area is 182 Å². The van der Waals surface area contributed by atoms with Crippen LogP contribution in [0.2, 0.25) is 0 Å². The summed E-state index contributed by atoms with van der Waals surface area (Å²) in [4.78, 5) is 22.0. The Hall–Kier alpha value is -2.73. The molecule has 2 aromatic carbocycles. The zero-order valence-corrected chi connectivity index (χ0v) is 18.3. The Morgan fingerprint density at radius 3 is 2.50 bits per heavy atom. The minimum absolute atomic E-state index is 0.151. The first-order valence-electron chi connectivity index (χ1n) is 10.4. The first-order chi connectivity index (χ1) is 14.6. The molecule has 2 heterocycles. The number of carbonyl (C=O) groups excluding carboxylic acids is 1. The van der Waals surface area contributed by atoms with Crippen LogP contribution in [0, 0.1) is 6.92 Å². The van der Waals surface area contributed by atoms with Crippen LogP contribution in [0.15, 0.2) is 58.4 Å². The first kappa shape index (κ1) is 20.5.